The topological polar surface area (TPSA) is 78.3 Å². The maximum absolute atomic E-state index is 12.9. The van der Waals surface area contributed by atoms with E-state index in [-0.39, 0.29) is 11.8 Å². The number of nitrogens with zero attached hydrogens (tertiary/aromatic N) is 3. The van der Waals surface area contributed by atoms with Crippen molar-refractivity contribution in [3.8, 4) is 11.5 Å². The Balaban J connectivity index is 1.49. The largest absolute Gasteiger partial charge is 0.490 e. The zero-order valence-corrected chi connectivity index (χ0v) is 19.5. The molecule has 9 heteroatoms. The summed E-state index contributed by atoms with van der Waals surface area (Å²) in [6.45, 7) is 2.70. The van der Waals surface area contributed by atoms with E-state index in [4.69, 9.17) is 32.7 Å². The lowest BCUT2D eigenvalue weighted by Crippen LogP contribution is -2.31. The van der Waals surface area contributed by atoms with E-state index in [0.717, 1.165) is 35.2 Å². The van der Waals surface area contributed by atoms with Gasteiger partial charge in [-0.1, -0.05) is 35.3 Å². The van der Waals surface area contributed by atoms with Crippen LogP contribution in [0, 0.1) is 0 Å². The average molecular weight is 485 g/mol. The molecule has 7 nitrogen and oxygen atoms in total. The number of Topliss-reactive ketones (excluding diaryl/α,β-unsaturated/α-hetero) is 1. The normalized spacial score (nSPS) is 17.3. The van der Waals surface area contributed by atoms with Crippen LogP contribution >= 0.6 is 23.2 Å². The fraction of sp³-hybridized carbons (Fsp3) is 0.292. The molecular weight excluding hydrogens is 463 g/mol. The van der Waals surface area contributed by atoms with Crippen molar-refractivity contribution in [2.24, 2.45) is 0 Å². The average Bonchev–Trinajstić information content (AvgIpc) is 3.28. The Hall–Kier alpha value is -3.03. The number of anilines is 1. The molecule has 1 unspecified atom stereocenters. The molecule has 1 atom stereocenters. The molecule has 1 N–H and O–H groups in total. The Labute approximate surface area is 201 Å². The summed E-state index contributed by atoms with van der Waals surface area (Å²) in [7, 11) is 0. The Morgan fingerprint density at radius 3 is 2.79 bits per heavy atom. The highest BCUT2D eigenvalue weighted by atomic mass is 35.5. The smallest absolute Gasteiger partial charge is 0.226 e. The standard InChI is InChI=1S/C24H22Cl2N4O3/c1-2-32-21-11-15(7-9-20(21)33-12-14-6-8-16(25)17(26)10-14)23-22-18(4-3-5-19(22)31)29-24-27-13-28-30(23)24/h6-11,13,23H,2-5,12H2,1H3,(H,27,28,29). The summed E-state index contributed by atoms with van der Waals surface area (Å²) >= 11 is 12.1. The minimum atomic E-state index is -0.366. The first-order chi connectivity index (χ1) is 16.0. The molecular formula is C24H22Cl2N4O3. The molecule has 2 aromatic carbocycles. The van der Waals surface area contributed by atoms with Gasteiger partial charge in [0.25, 0.3) is 0 Å². The molecule has 0 saturated heterocycles. The van der Waals surface area contributed by atoms with Crippen LogP contribution in [0.15, 0.2) is 54.0 Å². The van der Waals surface area contributed by atoms with Crippen LogP contribution in [-0.4, -0.2) is 27.2 Å². The summed E-state index contributed by atoms with van der Waals surface area (Å²) in [5.41, 5.74) is 3.45. The minimum Gasteiger partial charge on any atom is -0.490 e. The Morgan fingerprint density at radius 1 is 1.09 bits per heavy atom. The zero-order valence-electron chi connectivity index (χ0n) is 18.0. The molecule has 3 aromatic rings. The fourth-order valence-corrected chi connectivity index (χ4v) is 4.60. The lowest BCUT2D eigenvalue weighted by atomic mass is 9.85. The van der Waals surface area contributed by atoms with Crippen LogP contribution in [0.25, 0.3) is 0 Å². The van der Waals surface area contributed by atoms with Crippen LogP contribution in [0.5, 0.6) is 11.5 Å². The molecule has 0 fully saturated rings. The number of hydrogen-bond donors (Lipinski definition) is 1. The van der Waals surface area contributed by atoms with Crippen molar-refractivity contribution < 1.29 is 14.3 Å². The Morgan fingerprint density at radius 2 is 1.97 bits per heavy atom. The van der Waals surface area contributed by atoms with E-state index in [1.54, 1.807) is 16.8 Å². The van der Waals surface area contributed by atoms with E-state index in [2.05, 4.69) is 15.4 Å². The number of halogens is 2. The van der Waals surface area contributed by atoms with Gasteiger partial charge in [-0.25, -0.2) is 4.68 Å². The van der Waals surface area contributed by atoms with Gasteiger partial charge in [0.05, 0.1) is 16.7 Å². The molecule has 1 aliphatic heterocycles. The molecule has 0 saturated carbocycles. The van der Waals surface area contributed by atoms with Crippen molar-refractivity contribution in [3.05, 3.63) is 75.2 Å². The van der Waals surface area contributed by atoms with Crippen molar-refractivity contribution in [2.75, 3.05) is 11.9 Å². The molecule has 2 heterocycles. The van der Waals surface area contributed by atoms with Crippen molar-refractivity contribution in [1.82, 2.24) is 14.8 Å². The zero-order chi connectivity index (χ0) is 22.9. The number of ketones is 1. The van der Waals surface area contributed by atoms with Gasteiger partial charge in [0, 0.05) is 17.7 Å². The number of carbonyl (C=O) groups is 1. The van der Waals surface area contributed by atoms with E-state index < -0.39 is 0 Å². The van der Waals surface area contributed by atoms with Crippen LogP contribution in [0.2, 0.25) is 10.0 Å². The third-order valence-electron chi connectivity index (χ3n) is 5.77. The van der Waals surface area contributed by atoms with Crippen molar-refractivity contribution in [2.45, 2.75) is 38.8 Å². The number of carbonyl (C=O) groups excluding carboxylic acids is 1. The van der Waals surface area contributed by atoms with Crippen LogP contribution in [0.3, 0.4) is 0 Å². The number of hydrogen-bond acceptors (Lipinski definition) is 6. The summed E-state index contributed by atoms with van der Waals surface area (Å²) in [6.07, 6.45) is 3.67. The molecule has 1 aromatic heterocycles. The molecule has 1 aliphatic carbocycles. The van der Waals surface area contributed by atoms with Crippen LogP contribution in [0.1, 0.15) is 43.4 Å². The maximum atomic E-state index is 12.9. The molecule has 33 heavy (non-hydrogen) atoms. The number of rotatable bonds is 6. The van der Waals surface area contributed by atoms with Gasteiger partial charge in [-0.2, -0.15) is 10.1 Å². The maximum Gasteiger partial charge on any atom is 0.226 e. The summed E-state index contributed by atoms with van der Waals surface area (Å²) < 4.78 is 13.7. The van der Waals surface area contributed by atoms with Crippen LogP contribution < -0.4 is 14.8 Å². The SMILES string of the molecule is CCOc1cc(C2C3=C(CCCC3=O)Nc3ncnn32)ccc1OCc1ccc(Cl)c(Cl)c1. The first-order valence-electron chi connectivity index (χ1n) is 10.8. The van der Waals surface area contributed by atoms with Gasteiger partial charge >= 0.3 is 0 Å². The molecule has 170 valence electrons. The lowest BCUT2D eigenvalue weighted by molar-refractivity contribution is -0.116. The quantitative estimate of drug-likeness (QED) is 0.491. The fourth-order valence-electron chi connectivity index (χ4n) is 4.28. The predicted octanol–water partition coefficient (Wildman–Crippen LogP) is 5.58. The van der Waals surface area contributed by atoms with Crippen molar-refractivity contribution in [3.63, 3.8) is 0 Å². The van der Waals surface area contributed by atoms with E-state index in [1.165, 1.54) is 6.33 Å². The lowest BCUT2D eigenvalue weighted by Gasteiger charge is -2.32. The van der Waals surface area contributed by atoms with E-state index >= 15 is 0 Å². The number of ether oxygens (including phenoxy) is 2. The first kappa shape index (κ1) is 21.8. The number of nitrogens with one attached hydrogen (secondary N) is 1. The Bertz CT molecular complexity index is 1250. The number of allylic oxidation sites excluding steroid dienone is 2. The highest BCUT2D eigenvalue weighted by Gasteiger charge is 2.36. The van der Waals surface area contributed by atoms with Gasteiger partial charge in [-0.05, 0) is 55.2 Å². The summed E-state index contributed by atoms with van der Waals surface area (Å²) in [4.78, 5) is 17.2. The van der Waals surface area contributed by atoms with E-state index in [9.17, 15) is 4.79 Å². The van der Waals surface area contributed by atoms with Gasteiger partial charge < -0.3 is 14.8 Å². The number of aromatic nitrogens is 3. The molecule has 5 rings (SSSR count). The van der Waals surface area contributed by atoms with Gasteiger partial charge in [-0.15, -0.1) is 0 Å². The molecule has 0 amide bonds. The summed E-state index contributed by atoms with van der Waals surface area (Å²) in [5.74, 6) is 1.96. The third kappa shape index (κ3) is 4.18. The van der Waals surface area contributed by atoms with Gasteiger partial charge in [0.15, 0.2) is 17.3 Å². The van der Waals surface area contributed by atoms with Crippen molar-refractivity contribution in [1.29, 1.82) is 0 Å². The van der Waals surface area contributed by atoms with Gasteiger partial charge in [0.2, 0.25) is 5.95 Å². The number of benzene rings is 2. The monoisotopic (exact) mass is 484 g/mol. The highest BCUT2D eigenvalue weighted by molar-refractivity contribution is 6.42. The summed E-state index contributed by atoms with van der Waals surface area (Å²) in [6, 6.07) is 10.8. The van der Waals surface area contributed by atoms with Gasteiger partial charge in [-0.3, -0.25) is 4.79 Å². The summed E-state index contributed by atoms with van der Waals surface area (Å²) in [5, 5.41) is 8.65. The molecule has 0 radical (unpaired) electrons. The van der Waals surface area contributed by atoms with Crippen molar-refractivity contribution >= 4 is 34.9 Å². The van der Waals surface area contributed by atoms with Gasteiger partial charge in [0.1, 0.15) is 19.0 Å². The highest BCUT2D eigenvalue weighted by Crippen LogP contribution is 2.42. The van der Waals surface area contributed by atoms with Crippen LogP contribution in [0.4, 0.5) is 5.95 Å². The second kappa shape index (κ2) is 9.08. The van der Waals surface area contributed by atoms with E-state index in [0.29, 0.717) is 47.1 Å². The molecule has 2 aliphatic rings. The second-order valence-electron chi connectivity index (χ2n) is 7.90. The second-order valence-corrected chi connectivity index (χ2v) is 8.72. The molecule has 0 bridgehead atoms. The third-order valence-corrected chi connectivity index (χ3v) is 6.51. The first-order valence-corrected chi connectivity index (χ1v) is 11.6. The Kier molecular flexibility index (Phi) is 6.00. The predicted molar refractivity (Wildman–Crippen MR) is 126 cm³/mol. The van der Waals surface area contributed by atoms with Crippen LogP contribution in [-0.2, 0) is 11.4 Å². The molecule has 0 spiro atoms. The van der Waals surface area contributed by atoms with E-state index in [1.807, 2.05) is 31.2 Å². The minimum absolute atomic E-state index is 0.132. The number of fused-ring (bicyclic) bond motifs is 1.